The lowest BCUT2D eigenvalue weighted by atomic mass is 10.1. The van der Waals surface area contributed by atoms with E-state index < -0.39 is 0 Å². The van der Waals surface area contributed by atoms with Crippen LogP contribution in [0.5, 0.6) is 0 Å². The Hall–Kier alpha value is -1.11. The van der Waals surface area contributed by atoms with Crippen LogP contribution in [0.15, 0.2) is 40.3 Å². The Bertz CT molecular complexity index is 949. The molecule has 3 aromatic rings. The Labute approximate surface area is 150 Å². The van der Waals surface area contributed by atoms with Crippen molar-refractivity contribution >= 4 is 49.2 Å². The maximum absolute atomic E-state index is 12.9. The summed E-state index contributed by atoms with van der Waals surface area (Å²) in [6.07, 6.45) is 0. The Kier molecular flexibility index (Phi) is 3.86. The van der Waals surface area contributed by atoms with Crippen molar-refractivity contribution in [2.45, 2.75) is 35.6 Å². The highest BCUT2D eigenvalue weighted by Crippen LogP contribution is 2.44. The molecule has 1 aliphatic rings. The lowest BCUT2D eigenvalue weighted by Crippen LogP contribution is -2.32. The Morgan fingerprint density at radius 3 is 2.74 bits per heavy atom. The number of aryl methyl sites for hydroxylation is 2. The number of halogens is 1. The van der Waals surface area contributed by atoms with E-state index in [0.717, 1.165) is 20.9 Å². The minimum Gasteiger partial charge on any atom is -0.286 e. The van der Waals surface area contributed by atoms with Crippen molar-refractivity contribution in [2.24, 2.45) is 0 Å². The maximum Gasteiger partial charge on any atom is 0.263 e. The molecule has 23 heavy (non-hydrogen) atoms. The van der Waals surface area contributed by atoms with Crippen molar-refractivity contribution in [3.63, 3.8) is 0 Å². The summed E-state index contributed by atoms with van der Waals surface area (Å²) in [7, 11) is 0. The van der Waals surface area contributed by atoms with Crippen LogP contribution in [0.4, 0.5) is 0 Å². The molecule has 0 unspecified atom stereocenters. The molecule has 0 fully saturated rings. The number of hydrogen-bond donors (Lipinski definition) is 0. The van der Waals surface area contributed by atoms with Crippen molar-refractivity contribution < 1.29 is 0 Å². The summed E-state index contributed by atoms with van der Waals surface area (Å²) in [5.41, 5.74) is 2.42. The van der Waals surface area contributed by atoms with Crippen LogP contribution in [0.2, 0.25) is 0 Å². The van der Waals surface area contributed by atoms with Gasteiger partial charge in [0, 0.05) is 16.2 Å². The predicted molar refractivity (Wildman–Crippen MR) is 101 cm³/mol. The van der Waals surface area contributed by atoms with Crippen LogP contribution < -0.4 is 5.56 Å². The van der Waals surface area contributed by atoms with Crippen LogP contribution in [0.1, 0.15) is 21.3 Å². The molecule has 1 aliphatic heterocycles. The zero-order valence-electron chi connectivity index (χ0n) is 12.7. The van der Waals surface area contributed by atoms with Gasteiger partial charge in [-0.15, -0.1) is 11.3 Å². The molecule has 3 heterocycles. The highest BCUT2D eigenvalue weighted by atomic mass is 79.9. The molecule has 0 saturated heterocycles. The van der Waals surface area contributed by atoms with Crippen molar-refractivity contribution in [3.05, 3.63) is 56.7 Å². The van der Waals surface area contributed by atoms with E-state index in [0.29, 0.717) is 6.54 Å². The SMILES string of the molecule is Cc1sc2nc3n(c(=O)c2c1C)C[C@H](Br)[C@H](c1ccccc1)S3. The largest absolute Gasteiger partial charge is 0.286 e. The average molecular weight is 407 g/mol. The number of fused-ring (bicyclic) bond motifs is 2. The number of aromatic nitrogens is 2. The second kappa shape index (κ2) is 5.76. The van der Waals surface area contributed by atoms with E-state index >= 15 is 0 Å². The van der Waals surface area contributed by atoms with E-state index in [-0.39, 0.29) is 15.6 Å². The minimum atomic E-state index is 0.0929. The molecule has 0 spiro atoms. The molecular formula is C17H15BrN2OS2. The summed E-state index contributed by atoms with van der Waals surface area (Å²) in [5, 5.41) is 1.88. The predicted octanol–water partition coefficient (Wildman–Crippen LogP) is 4.69. The Morgan fingerprint density at radius 1 is 1.26 bits per heavy atom. The number of thiophene rings is 1. The first kappa shape index (κ1) is 15.4. The fourth-order valence-corrected chi connectivity index (χ4v) is 6.12. The Morgan fingerprint density at radius 2 is 2.00 bits per heavy atom. The molecule has 0 aliphatic carbocycles. The normalized spacial score (nSPS) is 20.7. The van der Waals surface area contributed by atoms with Gasteiger partial charge in [-0.2, -0.15) is 0 Å². The molecule has 0 bridgehead atoms. The average Bonchev–Trinajstić information content (AvgIpc) is 2.83. The molecule has 0 amide bonds. The molecule has 0 N–H and O–H groups in total. The standard InChI is InChI=1S/C17H15BrN2OS2/c1-9-10(2)22-15-13(9)16(21)20-8-12(18)14(23-17(20)19-15)11-6-4-3-5-7-11/h3-7,12,14H,8H2,1-2H3/t12-,14-/m0/s1. The quantitative estimate of drug-likeness (QED) is 0.434. The maximum atomic E-state index is 12.9. The number of nitrogens with zero attached hydrogens (tertiary/aromatic N) is 2. The lowest BCUT2D eigenvalue weighted by molar-refractivity contribution is 0.553. The van der Waals surface area contributed by atoms with Gasteiger partial charge in [0.05, 0.1) is 10.6 Å². The number of thioether (sulfide) groups is 1. The summed E-state index contributed by atoms with van der Waals surface area (Å²) < 4.78 is 1.82. The molecule has 2 aromatic heterocycles. The molecule has 2 atom stereocenters. The lowest BCUT2D eigenvalue weighted by Gasteiger charge is -2.29. The van der Waals surface area contributed by atoms with E-state index in [4.69, 9.17) is 4.98 Å². The summed E-state index contributed by atoms with van der Waals surface area (Å²) in [6, 6.07) is 10.4. The first-order valence-electron chi connectivity index (χ1n) is 7.42. The molecule has 4 rings (SSSR count). The fraction of sp³-hybridized carbons (Fsp3) is 0.294. The molecule has 6 heteroatoms. The van der Waals surface area contributed by atoms with Crippen LogP contribution >= 0.6 is 39.0 Å². The van der Waals surface area contributed by atoms with Crippen molar-refractivity contribution in [1.82, 2.24) is 9.55 Å². The van der Waals surface area contributed by atoms with E-state index in [2.05, 4.69) is 47.1 Å². The van der Waals surface area contributed by atoms with Crippen LogP contribution in [-0.4, -0.2) is 14.4 Å². The third-order valence-corrected chi connectivity index (χ3v) is 7.95. The third kappa shape index (κ3) is 2.47. The molecule has 0 saturated carbocycles. The van der Waals surface area contributed by atoms with Crippen LogP contribution in [-0.2, 0) is 6.54 Å². The van der Waals surface area contributed by atoms with Crippen LogP contribution in [0, 0.1) is 13.8 Å². The Balaban J connectivity index is 1.87. The number of rotatable bonds is 1. The summed E-state index contributed by atoms with van der Waals surface area (Å²) >= 11 is 7.07. The summed E-state index contributed by atoms with van der Waals surface area (Å²) in [6.45, 7) is 4.72. The van der Waals surface area contributed by atoms with Gasteiger partial charge in [-0.05, 0) is 25.0 Å². The molecule has 118 valence electrons. The third-order valence-electron chi connectivity index (χ3n) is 4.30. The van der Waals surface area contributed by atoms with Gasteiger partial charge in [-0.1, -0.05) is 58.0 Å². The van der Waals surface area contributed by atoms with E-state index in [1.54, 1.807) is 23.1 Å². The number of benzene rings is 1. The monoisotopic (exact) mass is 406 g/mol. The van der Waals surface area contributed by atoms with Gasteiger partial charge in [0.25, 0.3) is 5.56 Å². The van der Waals surface area contributed by atoms with E-state index in [1.807, 2.05) is 17.6 Å². The van der Waals surface area contributed by atoms with Crippen molar-refractivity contribution in [3.8, 4) is 0 Å². The summed E-state index contributed by atoms with van der Waals surface area (Å²) in [4.78, 5) is 19.9. The highest BCUT2D eigenvalue weighted by molar-refractivity contribution is 9.09. The topological polar surface area (TPSA) is 34.9 Å². The zero-order chi connectivity index (χ0) is 16.1. The van der Waals surface area contributed by atoms with Gasteiger partial charge < -0.3 is 0 Å². The van der Waals surface area contributed by atoms with Gasteiger partial charge in [0.2, 0.25) is 0 Å². The van der Waals surface area contributed by atoms with E-state index in [1.165, 1.54) is 10.4 Å². The summed E-state index contributed by atoms with van der Waals surface area (Å²) in [5.74, 6) is 0. The van der Waals surface area contributed by atoms with Gasteiger partial charge in [-0.25, -0.2) is 4.98 Å². The first-order chi connectivity index (χ1) is 11.1. The van der Waals surface area contributed by atoms with Gasteiger partial charge in [0.15, 0.2) is 5.16 Å². The van der Waals surface area contributed by atoms with Gasteiger partial charge in [0.1, 0.15) is 4.83 Å². The molecule has 3 nitrogen and oxygen atoms in total. The zero-order valence-corrected chi connectivity index (χ0v) is 16.0. The fourth-order valence-electron chi connectivity index (χ4n) is 2.94. The van der Waals surface area contributed by atoms with Crippen LogP contribution in [0.3, 0.4) is 0 Å². The highest BCUT2D eigenvalue weighted by Gasteiger charge is 2.31. The van der Waals surface area contributed by atoms with Crippen LogP contribution in [0.25, 0.3) is 10.2 Å². The van der Waals surface area contributed by atoms with E-state index in [9.17, 15) is 4.79 Å². The molecular weight excluding hydrogens is 392 g/mol. The first-order valence-corrected chi connectivity index (χ1v) is 10.0. The van der Waals surface area contributed by atoms with Crippen molar-refractivity contribution in [1.29, 1.82) is 0 Å². The minimum absolute atomic E-state index is 0.0929. The van der Waals surface area contributed by atoms with Gasteiger partial charge in [-0.3, -0.25) is 9.36 Å². The smallest absolute Gasteiger partial charge is 0.263 e. The molecule has 1 aromatic carbocycles. The van der Waals surface area contributed by atoms with Crippen molar-refractivity contribution in [2.75, 3.05) is 0 Å². The van der Waals surface area contributed by atoms with Gasteiger partial charge >= 0.3 is 0 Å². The molecule has 0 radical (unpaired) electrons. The number of alkyl halides is 1. The number of hydrogen-bond acceptors (Lipinski definition) is 4. The second-order valence-electron chi connectivity index (χ2n) is 5.74. The second-order valence-corrected chi connectivity index (χ2v) is 9.23.